The van der Waals surface area contributed by atoms with Crippen molar-refractivity contribution >= 4 is 5.82 Å². The lowest BCUT2D eigenvalue weighted by molar-refractivity contribution is 0.353. The van der Waals surface area contributed by atoms with Gasteiger partial charge >= 0.3 is 0 Å². The molecule has 0 spiro atoms. The van der Waals surface area contributed by atoms with Crippen molar-refractivity contribution in [3.05, 3.63) is 36.4 Å². The van der Waals surface area contributed by atoms with E-state index >= 15 is 0 Å². The first kappa shape index (κ1) is 18.9. The number of aromatic amines is 1. The van der Waals surface area contributed by atoms with E-state index in [-0.39, 0.29) is 11.4 Å². The second-order valence-corrected chi connectivity index (χ2v) is 8.01. The number of halogens is 1. The van der Waals surface area contributed by atoms with E-state index in [4.69, 9.17) is 4.74 Å². The number of rotatable bonds is 5. The van der Waals surface area contributed by atoms with E-state index in [0.29, 0.717) is 35.1 Å². The summed E-state index contributed by atoms with van der Waals surface area (Å²) >= 11 is 0. The monoisotopic (exact) mass is 409 g/mol. The lowest BCUT2D eigenvalue weighted by Crippen LogP contribution is -2.47. The Morgan fingerprint density at radius 3 is 2.57 bits per heavy atom. The highest BCUT2D eigenvalue weighted by Crippen LogP contribution is 2.34. The molecule has 0 amide bonds. The van der Waals surface area contributed by atoms with Crippen molar-refractivity contribution in [2.45, 2.75) is 43.8 Å². The minimum Gasteiger partial charge on any atom is -0.480 e. The maximum absolute atomic E-state index is 14.9. The molecule has 30 heavy (non-hydrogen) atoms. The largest absolute Gasteiger partial charge is 0.480 e. The van der Waals surface area contributed by atoms with Crippen LogP contribution in [0.4, 0.5) is 10.2 Å². The van der Waals surface area contributed by atoms with Crippen LogP contribution in [0.5, 0.6) is 5.88 Å². The summed E-state index contributed by atoms with van der Waals surface area (Å²) in [6.07, 6.45) is 7.88. The van der Waals surface area contributed by atoms with Gasteiger partial charge in [-0.2, -0.15) is 5.10 Å². The third-order valence-electron chi connectivity index (χ3n) is 6.19. The fraction of sp³-hybridized carbons (Fsp3) is 0.429. The first-order valence-electron chi connectivity index (χ1n) is 10.2. The highest BCUT2D eigenvalue weighted by molar-refractivity contribution is 5.71. The van der Waals surface area contributed by atoms with Gasteiger partial charge in [0, 0.05) is 43.0 Å². The van der Waals surface area contributed by atoms with E-state index in [1.807, 2.05) is 12.1 Å². The molecule has 156 valence electrons. The zero-order chi connectivity index (χ0) is 20.7. The van der Waals surface area contributed by atoms with Crippen molar-refractivity contribution in [2.24, 2.45) is 0 Å². The molecule has 8 nitrogen and oxygen atoms in total. The molecule has 0 aromatic carbocycles. The molecular formula is C21H24FN7O. The van der Waals surface area contributed by atoms with Gasteiger partial charge in [0.05, 0.1) is 24.6 Å². The number of anilines is 1. The summed E-state index contributed by atoms with van der Waals surface area (Å²) in [7, 11) is 3.53. The van der Waals surface area contributed by atoms with Crippen LogP contribution in [-0.4, -0.2) is 57.7 Å². The first-order valence-corrected chi connectivity index (χ1v) is 10.2. The van der Waals surface area contributed by atoms with Crippen LogP contribution < -0.4 is 15.0 Å². The van der Waals surface area contributed by atoms with Crippen molar-refractivity contribution in [1.29, 1.82) is 0 Å². The predicted molar refractivity (Wildman–Crippen MR) is 111 cm³/mol. The number of hydrogen-bond acceptors (Lipinski definition) is 7. The fourth-order valence-electron chi connectivity index (χ4n) is 4.60. The van der Waals surface area contributed by atoms with Crippen LogP contribution in [0.15, 0.2) is 30.6 Å². The molecule has 0 saturated carbocycles. The molecule has 3 aromatic rings. The number of pyridine rings is 1. The maximum atomic E-state index is 14.9. The van der Waals surface area contributed by atoms with E-state index < -0.39 is 5.82 Å². The molecule has 2 fully saturated rings. The van der Waals surface area contributed by atoms with E-state index in [1.165, 1.54) is 32.2 Å². The highest BCUT2D eigenvalue weighted by Gasteiger charge is 2.35. The van der Waals surface area contributed by atoms with E-state index in [0.717, 1.165) is 18.7 Å². The van der Waals surface area contributed by atoms with Gasteiger partial charge in [-0.3, -0.25) is 5.10 Å². The lowest BCUT2D eigenvalue weighted by Gasteiger charge is -2.36. The van der Waals surface area contributed by atoms with Gasteiger partial charge < -0.3 is 15.0 Å². The number of ether oxygens (including phenoxy) is 1. The summed E-state index contributed by atoms with van der Waals surface area (Å²) < 4.78 is 20.2. The number of piperidine rings is 1. The first-order chi connectivity index (χ1) is 14.6. The van der Waals surface area contributed by atoms with Crippen molar-refractivity contribution < 1.29 is 9.13 Å². The van der Waals surface area contributed by atoms with Crippen LogP contribution in [0.25, 0.3) is 22.5 Å². The average molecular weight is 409 g/mol. The number of aromatic nitrogens is 5. The van der Waals surface area contributed by atoms with Gasteiger partial charge in [-0.25, -0.2) is 9.37 Å². The van der Waals surface area contributed by atoms with Crippen molar-refractivity contribution in [3.8, 4) is 28.4 Å². The second-order valence-electron chi connectivity index (χ2n) is 8.01. The molecule has 0 radical (unpaired) electrons. The minimum atomic E-state index is -0.452. The highest BCUT2D eigenvalue weighted by atomic mass is 19.1. The molecule has 5 heterocycles. The summed E-state index contributed by atoms with van der Waals surface area (Å²) in [5.74, 6) is 0.540. The van der Waals surface area contributed by atoms with E-state index in [9.17, 15) is 4.39 Å². The van der Waals surface area contributed by atoms with Gasteiger partial charge in [-0.15, -0.1) is 10.2 Å². The average Bonchev–Trinajstić information content (AvgIpc) is 3.42. The molecule has 5 rings (SSSR count). The molecule has 9 heteroatoms. The predicted octanol–water partition coefficient (Wildman–Crippen LogP) is 2.80. The number of methoxy groups -OCH3 is 1. The Balaban J connectivity index is 1.39. The molecule has 0 aliphatic carbocycles. The number of hydrogen-bond donors (Lipinski definition) is 2. The summed E-state index contributed by atoms with van der Waals surface area (Å²) in [6.45, 7) is 0. The normalized spacial score (nSPS) is 22.8. The summed E-state index contributed by atoms with van der Waals surface area (Å²) in [4.78, 5) is 6.65. The minimum absolute atomic E-state index is 0.180. The Bertz CT molecular complexity index is 1010. The summed E-state index contributed by atoms with van der Waals surface area (Å²) in [5, 5.41) is 18.9. The van der Waals surface area contributed by atoms with Crippen LogP contribution in [0.3, 0.4) is 0 Å². The number of nitrogens with one attached hydrogen (secondary N) is 2. The third kappa shape index (κ3) is 3.39. The van der Waals surface area contributed by atoms with Crippen LogP contribution in [0, 0.1) is 5.82 Å². The zero-order valence-electron chi connectivity index (χ0n) is 17.0. The van der Waals surface area contributed by atoms with Gasteiger partial charge in [0.15, 0.2) is 5.82 Å². The Morgan fingerprint density at radius 1 is 1.13 bits per heavy atom. The fourth-order valence-corrected chi connectivity index (χ4v) is 4.60. The van der Waals surface area contributed by atoms with Crippen LogP contribution in [0.1, 0.15) is 25.7 Å². The molecule has 2 atom stereocenters. The van der Waals surface area contributed by atoms with Crippen molar-refractivity contribution in [3.63, 3.8) is 0 Å². The Hall–Kier alpha value is -3.07. The molecule has 2 saturated heterocycles. The topological polar surface area (TPSA) is 91.8 Å². The SMILES string of the molecule is COc1nc(-c2ccc(N(C)C3CC4CCC(C3)N4)nn2)cc(F)c1-c1cn[nH]c1. The molecule has 3 aromatic heterocycles. The number of H-pyrrole nitrogens is 1. The second kappa shape index (κ2) is 7.64. The zero-order valence-corrected chi connectivity index (χ0v) is 17.0. The third-order valence-corrected chi connectivity index (χ3v) is 6.19. The van der Waals surface area contributed by atoms with Gasteiger partial charge in [-0.05, 0) is 37.8 Å². The quantitative estimate of drug-likeness (QED) is 0.669. The molecule has 2 aliphatic rings. The molecule has 2 bridgehead atoms. The molecular weight excluding hydrogens is 385 g/mol. The van der Waals surface area contributed by atoms with Crippen molar-refractivity contribution in [2.75, 3.05) is 19.1 Å². The summed E-state index contributed by atoms with van der Waals surface area (Å²) in [5.41, 5.74) is 1.70. The van der Waals surface area contributed by atoms with Gasteiger partial charge in [0.2, 0.25) is 5.88 Å². The number of nitrogens with zero attached hydrogens (tertiary/aromatic N) is 5. The van der Waals surface area contributed by atoms with Crippen molar-refractivity contribution in [1.82, 2.24) is 30.7 Å². The van der Waals surface area contributed by atoms with Gasteiger partial charge in [-0.1, -0.05) is 0 Å². The molecule has 2 aliphatic heterocycles. The van der Waals surface area contributed by atoms with Crippen LogP contribution in [-0.2, 0) is 0 Å². The molecule has 2 N–H and O–H groups in total. The Kier molecular flexibility index (Phi) is 4.82. The molecule has 2 unspecified atom stereocenters. The Labute approximate surface area is 173 Å². The standard InChI is InChI=1S/C21H24FN7O/c1-29(15-7-13-3-4-14(8-15)25-13)19-6-5-17(27-28-19)18-9-16(22)20(21(26-18)30-2)12-10-23-24-11-12/h5-6,9-11,13-15,25H,3-4,7-8H2,1-2H3,(H,23,24). The van der Waals surface area contributed by atoms with Gasteiger partial charge in [0.25, 0.3) is 0 Å². The van der Waals surface area contributed by atoms with E-state index in [1.54, 1.807) is 6.20 Å². The van der Waals surface area contributed by atoms with Crippen LogP contribution >= 0.6 is 0 Å². The van der Waals surface area contributed by atoms with E-state index in [2.05, 4.69) is 42.6 Å². The van der Waals surface area contributed by atoms with Gasteiger partial charge in [0.1, 0.15) is 11.5 Å². The number of fused-ring (bicyclic) bond motifs is 2. The maximum Gasteiger partial charge on any atom is 0.224 e. The van der Waals surface area contributed by atoms with Crippen LogP contribution in [0.2, 0.25) is 0 Å². The lowest BCUT2D eigenvalue weighted by atomic mass is 9.98. The Morgan fingerprint density at radius 2 is 1.93 bits per heavy atom. The summed E-state index contributed by atoms with van der Waals surface area (Å²) in [6, 6.07) is 6.76. The smallest absolute Gasteiger partial charge is 0.224 e.